The highest BCUT2D eigenvalue weighted by atomic mass is 35.5. The Morgan fingerprint density at radius 3 is 2.55 bits per heavy atom. The topological polar surface area (TPSA) is 137 Å². The molecule has 244 valence electrons. The van der Waals surface area contributed by atoms with Crippen LogP contribution in [0.2, 0.25) is 5.02 Å². The Morgan fingerprint density at radius 1 is 1.09 bits per heavy atom. The van der Waals surface area contributed by atoms with Gasteiger partial charge in [0, 0.05) is 48.7 Å². The number of likely N-dealkylation sites (tertiary alicyclic amines) is 1. The number of amides is 1. The number of rotatable bonds is 8. The third-order valence-corrected chi connectivity index (χ3v) is 10.9. The molecule has 3 aliphatic rings. The summed E-state index contributed by atoms with van der Waals surface area (Å²) in [7, 11) is 0.125. The number of pyridine rings is 1. The van der Waals surface area contributed by atoms with Crippen LogP contribution in [-0.2, 0) is 23.6 Å². The first-order valence-electron chi connectivity index (χ1n) is 15.9. The lowest BCUT2D eigenvalue weighted by atomic mass is 10.1. The van der Waals surface area contributed by atoms with Gasteiger partial charge < -0.3 is 24.5 Å². The summed E-state index contributed by atoms with van der Waals surface area (Å²) in [5, 5.41) is 1.26. The molecule has 3 fully saturated rings. The van der Waals surface area contributed by atoms with Gasteiger partial charge in [-0.1, -0.05) is 17.7 Å². The SMILES string of the molecule is COc1cc(C(=O)N2CC3CCC2C3N)cc2nc(-c3cc4ccc(-c5ccc(NS(C)(=O)=O)c(Cl)c5)nc4n3CC3CC3)n(C)c12. The quantitative estimate of drug-likeness (QED) is 0.229. The number of ether oxygens (including phenoxy) is 1. The van der Waals surface area contributed by atoms with E-state index in [0.29, 0.717) is 40.9 Å². The van der Waals surface area contributed by atoms with Gasteiger partial charge in [-0.15, -0.1) is 0 Å². The first-order chi connectivity index (χ1) is 22.5. The number of sulfonamides is 1. The summed E-state index contributed by atoms with van der Waals surface area (Å²) in [5.41, 5.74) is 12.0. The molecule has 5 aromatic rings. The molecule has 2 aromatic carbocycles. The van der Waals surface area contributed by atoms with Crippen LogP contribution in [0.5, 0.6) is 5.75 Å². The summed E-state index contributed by atoms with van der Waals surface area (Å²) >= 11 is 6.46. The number of carbonyl (C=O) groups is 1. The number of methoxy groups -OCH3 is 1. The second-order valence-electron chi connectivity index (χ2n) is 13.2. The molecule has 2 bridgehead atoms. The summed E-state index contributed by atoms with van der Waals surface area (Å²) in [4.78, 5) is 25.9. The van der Waals surface area contributed by atoms with Crippen molar-refractivity contribution in [2.24, 2.45) is 24.6 Å². The van der Waals surface area contributed by atoms with Crippen LogP contribution >= 0.6 is 11.6 Å². The number of halogens is 1. The van der Waals surface area contributed by atoms with E-state index in [4.69, 9.17) is 32.0 Å². The Morgan fingerprint density at radius 2 is 1.89 bits per heavy atom. The van der Waals surface area contributed by atoms with Gasteiger partial charge in [0.15, 0.2) is 5.82 Å². The van der Waals surface area contributed by atoms with E-state index in [0.717, 1.165) is 77.8 Å². The normalized spacial score (nSPS) is 20.9. The highest BCUT2D eigenvalue weighted by Gasteiger charge is 2.47. The van der Waals surface area contributed by atoms with Gasteiger partial charge in [0.1, 0.15) is 16.9 Å². The molecule has 2 saturated carbocycles. The van der Waals surface area contributed by atoms with Crippen LogP contribution in [0.3, 0.4) is 0 Å². The number of aromatic nitrogens is 4. The van der Waals surface area contributed by atoms with Gasteiger partial charge in [-0.05, 0) is 80.0 Å². The lowest BCUT2D eigenvalue weighted by Crippen LogP contribution is -2.41. The Labute approximate surface area is 277 Å². The maximum atomic E-state index is 13.7. The van der Waals surface area contributed by atoms with Crippen molar-refractivity contribution in [3.63, 3.8) is 0 Å². The van der Waals surface area contributed by atoms with Gasteiger partial charge in [0.05, 0.1) is 41.0 Å². The standard InChI is InChI=1S/C34H36ClN7O4S/c1-40-31-26(13-22(15-29(31)46-2)34(43)42-17-21-8-11-27(42)30(21)36)38-33(40)28-14-20-7-9-24(37-32(20)41(28)16-18-4-5-18)19-6-10-25(23(35)12-19)39-47(3,44)45/h6-7,9-10,12-15,18,21,27,30,39H,4-5,8,11,16-17,36H2,1-3H3. The molecule has 0 spiro atoms. The number of hydrogen-bond donors (Lipinski definition) is 2. The van der Waals surface area contributed by atoms with Crippen LogP contribution in [0, 0.1) is 11.8 Å². The minimum atomic E-state index is -3.47. The van der Waals surface area contributed by atoms with E-state index < -0.39 is 10.0 Å². The molecule has 3 N–H and O–H groups in total. The van der Waals surface area contributed by atoms with Gasteiger partial charge >= 0.3 is 0 Å². The predicted molar refractivity (Wildman–Crippen MR) is 183 cm³/mol. The lowest BCUT2D eigenvalue weighted by Gasteiger charge is -2.27. The van der Waals surface area contributed by atoms with E-state index in [1.807, 2.05) is 40.8 Å². The molecular weight excluding hydrogens is 638 g/mol. The van der Waals surface area contributed by atoms with Crippen molar-refractivity contribution in [2.75, 3.05) is 24.6 Å². The van der Waals surface area contributed by atoms with Crippen molar-refractivity contribution < 1.29 is 17.9 Å². The maximum absolute atomic E-state index is 13.7. The van der Waals surface area contributed by atoms with E-state index in [2.05, 4.69) is 15.4 Å². The zero-order valence-corrected chi connectivity index (χ0v) is 28.0. The summed E-state index contributed by atoms with van der Waals surface area (Å²) < 4.78 is 36.0. The van der Waals surface area contributed by atoms with Crippen LogP contribution in [0.4, 0.5) is 5.69 Å². The third-order valence-electron chi connectivity index (χ3n) is 9.99. The molecule has 1 amide bonds. The molecule has 0 radical (unpaired) electrons. The van der Waals surface area contributed by atoms with E-state index in [-0.39, 0.29) is 23.0 Å². The van der Waals surface area contributed by atoms with Gasteiger partial charge in [-0.25, -0.2) is 18.4 Å². The van der Waals surface area contributed by atoms with Crippen LogP contribution in [-0.4, -0.2) is 70.3 Å². The first kappa shape index (κ1) is 30.2. The number of piperidine rings is 1. The molecule has 3 atom stereocenters. The highest BCUT2D eigenvalue weighted by molar-refractivity contribution is 7.92. The molecule has 13 heteroatoms. The summed E-state index contributed by atoms with van der Waals surface area (Å²) in [5.74, 6) is 2.24. The lowest BCUT2D eigenvalue weighted by molar-refractivity contribution is 0.0700. The molecule has 1 saturated heterocycles. The molecule has 11 nitrogen and oxygen atoms in total. The minimum absolute atomic E-state index is 0.0279. The van der Waals surface area contributed by atoms with E-state index in [1.54, 1.807) is 25.3 Å². The monoisotopic (exact) mass is 673 g/mol. The Hall–Kier alpha value is -4.13. The van der Waals surface area contributed by atoms with Crippen LogP contribution < -0.4 is 15.2 Å². The number of aryl methyl sites for hydroxylation is 1. The van der Waals surface area contributed by atoms with Gasteiger partial charge in [-0.3, -0.25) is 9.52 Å². The largest absolute Gasteiger partial charge is 0.494 e. The molecule has 47 heavy (non-hydrogen) atoms. The predicted octanol–water partition coefficient (Wildman–Crippen LogP) is 5.26. The number of carbonyl (C=O) groups excluding carboxylic acids is 1. The van der Waals surface area contributed by atoms with Crippen LogP contribution in [0.15, 0.2) is 48.5 Å². The molecular formula is C34H36ClN7O4S. The summed E-state index contributed by atoms with van der Waals surface area (Å²) in [6.07, 6.45) is 5.44. The number of nitrogens with two attached hydrogens (primary N) is 1. The average Bonchev–Trinajstić information content (AvgIpc) is 3.44. The van der Waals surface area contributed by atoms with Gasteiger partial charge in [-0.2, -0.15) is 0 Å². The fourth-order valence-corrected chi connectivity index (χ4v) is 8.30. The van der Waals surface area contributed by atoms with Crippen molar-refractivity contribution in [1.82, 2.24) is 24.0 Å². The van der Waals surface area contributed by atoms with E-state index in [9.17, 15) is 13.2 Å². The highest BCUT2D eigenvalue weighted by Crippen LogP contribution is 2.40. The first-order valence-corrected chi connectivity index (χ1v) is 18.2. The number of benzene rings is 2. The van der Waals surface area contributed by atoms with E-state index in [1.165, 1.54) is 0 Å². The van der Waals surface area contributed by atoms with Gasteiger partial charge in [0.25, 0.3) is 5.91 Å². The molecule has 2 aliphatic carbocycles. The number of nitrogens with one attached hydrogen (secondary N) is 1. The minimum Gasteiger partial charge on any atom is -0.494 e. The summed E-state index contributed by atoms with van der Waals surface area (Å²) in [6.45, 7) is 1.50. The number of imidazole rings is 1. The van der Waals surface area contributed by atoms with Crippen molar-refractivity contribution in [3.05, 3.63) is 59.1 Å². The summed E-state index contributed by atoms with van der Waals surface area (Å²) in [6, 6.07) is 15.1. The second kappa shape index (κ2) is 11.0. The zero-order chi connectivity index (χ0) is 32.8. The van der Waals surface area contributed by atoms with E-state index >= 15 is 0 Å². The second-order valence-corrected chi connectivity index (χ2v) is 15.4. The van der Waals surface area contributed by atoms with Crippen molar-refractivity contribution in [1.29, 1.82) is 0 Å². The fraction of sp³-hybridized carbons (Fsp3) is 0.382. The number of fused-ring (bicyclic) bond motifs is 4. The van der Waals surface area contributed by atoms with Crippen molar-refractivity contribution >= 4 is 55.3 Å². The molecule has 4 heterocycles. The van der Waals surface area contributed by atoms with Crippen LogP contribution in [0.25, 0.3) is 44.8 Å². The smallest absolute Gasteiger partial charge is 0.254 e. The fourth-order valence-electron chi connectivity index (χ4n) is 7.44. The number of nitrogens with zero attached hydrogens (tertiary/aromatic N) is 5. The third kappa shape index (κ3) is 5.22. The van der Waals surface area contributed by atoms with Crippen molar-refractivity contribution in [2.45, 2.75) is 44.3 Å². The Bertz CT molecular complexity index is 2210. The van der Waals surface area contributed by atoms with Crippen molar-refractivity contribution in [3.8, 4) is 28.5 Å². The average molecular weight is 674 g/mol. The number of hydrogen-bond acceptors (Lipinski definition) is 7. The number of anilines is 1. The Kier molecular flexibility index (Phi) is 7.05. The molecule has 8 rings (SSSR count). The molecule has 3 aromatic heterocycles. The maximum Gasteiger partial charge on any atom is 0.254 e. The Balaban J connectivity index is 1.21. The molecule has 3 unspecified atom stereocenters. The molecule has 1 aliphatic heterocycles. The zero-order valence-electron chi connectivity index (χ0n) is 26.4. The van der Waals surface area contributed by atoms with Crippen LogP contribution in [0.1, 0.15) is 36.0 Å². The van der Waals surface area contributed by atoms with Gasteiger partial charge in [0.2, 0.25) is 10.0 Å².